The maximum Gasteiger partial charge on any atom is 0.475 e. The summed E-state index contributed by atoms with van der Waals surface area (Å²) in [5.74, 6) is -0.270. The number of aromatic hydroxyl groups is 3. The van der Waals surface area contributed by atoms with Crippen molar-refractivity contribution in [1.82, 2.24) is 15.0 Å². The first-order chi connectivity index (χ1) is 18.0. The van der Waals surface area contributed by atoms with Gasteiger partial charge < -0.3 is 32.5 Å². The molecule has 0 fully saturated rings. The molecular formula is C24H33N6O7P. The van der Waals surface area contributed by atoms with E-state index in [1.807, 2.05) is 0 Å². The Bertz CT molecular complexity index is 1190. The maximum atomic E-state index is 13.8. The summed E-state index contributed by atoms with van der Waals surface area (Å²) in [5.41, 5.74) is 20.8. The number of rotatable bonds is 12. The lowest BCUT2D eigenvalue weighted by molar-refractivity contribution is 0.0968. The van der Waals surface area contributed by atoms with Gasteiger partial charge in [0, 0.05) is 71.6 Å². The minimum atomic E-state index is -4.34. The van der Waals surface area contributed by atoms with Crippen molar-refractivity contribution in [3.63, 3.8) is 0 Å². The number of nitrogens with zero attached hydrogens (tertiary/aromatic N) is 3. The van der Waals surface area contributed by atoms with Crippen molar-refractivity contribution in [1.29, 1.82) is 0 Å². The first kappa shape index (κ1) is 29.4. The molecule has 0 aliphatic rings. The van der Waals surface area contributed by atoms with Gasteiger partial charge in [0.05, 0.1) is 36.9 Å². The lowest BCUT2D eigenvalue weighted by Gasteiger charge is -2.21. The molecule has 3 heterocycles. The van der Waals surface area contributed by atoms with Crippen LogP contribution in [0, 0.1) is 20.8 Å². The predicted octanol–water partition coefficient (Wildman–Crippen LogP) is 2.35. The highest BCUT2D eigenvalue weighted by molar-refractivity contribution is 7.48. The molecule has 3 aromatic rings. The fourth-order valence-electron chi connectivity index (χ4n) is 3.67. The third kappa shape index (κ3) is 6.45. The van der Waals surface area contributed by atoms with Crippen LogP contribution in [0.15, 0.2) is 18.6 Å². The van der Waals surface area contributed by atoms with Gasteiger partial charge >= 0.3 is 7.82 Å². The molecular weight excluding hydrogens is 515 g/mol. The van der Waals surface area contributed by atoms with E-state index in [4.69, 9.17) is 30.8 Å². The number of phosphoric acid groups is 1. The van der Waals surface area contributed by atoms with Crippen LogP contribution in [-0.2, 0) is 57.6 Å². The van der Waals surface area contributed by atoms with Gasteiger partial charge in [-0.15, -0.1) is 0 Å². The Morgan fingerprint density at radius 2 is 0.895 bits per heavy atom. The van der Waals surface area contributed by atoms with Gasteiger partial charge in [-0.25, -0.2) is 4.57 Å². The van der Waals surface area contributed by atoms with Gasteiger partial charge in [0.15, 0.2) is 0 Å². The summed E-state index contributed by atoms with van der Waals surface area (Å²) in [6, 6.07) is 0. The number of aryl methyl sites for hydroxylation is 3. The Labute approximate surface area is 220 Å². The molecule has 0 unspecified atom stereocenters. The summed E-state index contributed by atoms with van der Waals surface area (Å²) in [6.45, 7) is 3.89. The van der Waals surface area contributed by atoms with Crippen molar-refractivity contribution < 1.29 is 33.5 Å². The van der Waals surface area contributed by atoms with Crippen LogP contribution in [0.4, 0.5) is 0 Å². The molecule has 0 spiro atoms. The van der Waals surface area contributed by atoms with Gasteiger partial charge in [-0.3, -0.25) is 28.5 Å². The molecule has 0 aromatic carbocycles. The zero-order chi connectivity index (χ0) is 28.0. The van der Waals surface area contributed by atoms with E-state index in [-0.39, 0.29) is 56.7 Å². The fraction of sp³-hybridized carbons (Fsp3) is 0.375. The number of aromatic nitrogens is 3. The predicted molar refractivity (Wildman–Crippen MR) is 138 cm³/mol. The third-order valence-corrected chi connectivity index (χ3v) is 7.37. The molecule has 0 saturated carbocycles. The fourth-order valence-corrected chi connectivity index (χ4v) is 4.78. The van der Waals surface area contributed by atoms with E-state index in [1.165, 1.54) is 18.6 Å². The summed E-state index contributed by atoms with van der Waals surface area (Å²) in [7, 11) is -4.34. The Hall–Kier alpha value is -3.16. The van der Waals surface area contributed by atoms with Gasteiger partial charge in [0.2, 0.25) is 0 Å². The SMILES string of the molecule is Cc1ncc(COP(=O)(OCc2cnc(C)c(O)c2CN)OCc2cnc(C)c(O)c2CN)c(CN)c1O. The van der Waals surface area contributed by atoms with E-state index in [9.17, 15) is 19.9 Å². The van der Waals surface area contributed by atoms with Crippen LogP contribution in [0.5, 0.6) is 17.2 Å². The molecule has 0 bridgehead atoms. The first-order valence-electron chi connectivity index (χ1n) is 11.7. The van der Waals surface area contributed by atoms with Crippen molar-refractivity contribution in [2.75, 3.05) is 0 Å². The average Bonchev–Trinajstić information content (AvgIpc) is 2.90. The molecule has 0 radical (unpaired) electrons. The number of hydrogen-bond acceptors (Lipinski definition) is 13. The average molecular weight is 549 g/mol. The van der Waals surface area contributed by atoms with Gasteiger partial charge in [0.1, 0.15) is 17.2 Å². The molecule has 3 aromatic heterocycles. The Kier molecular flexibility index (Phi) is 9.74. The van der Waals surface area contributed by atoms with Crippen molar-refractivity contribution in [2.45, 2.75) is 60.2 Å². The maximum absolute atomic E-state index is 13.8. The highest BCUT2D eigenvalue weighted by Crippen LogP contribution is 2.52. The number of hydrogen-bond donors (Lipinski definition) is 6. The topological polar surface area (TPSA) is 222 Å². The molecule has 206 valence electrons. The summed E-state index contributed by atoms with van der Waals surface area (Å²) >= 11 is 0. The number of pyridine rings is 3. The highest BCUT2D eigenvalue weighted by Gasteiger charge is 2.30. The van der Waals surface area contributed by atoms with Gasteiger partial charge in [-0.05, 0) is 20.8 Å². The second-order valence-electron chi connectivity index (χ2n) is 8.47. The third-order valence-electron chi connectivity index (χ3n) is 6.04. The van der Waals surface area contributed by atoms with Crippen LogP contribution in [-0.4, -0.2) is 30.3 Å². The summed E-state index contributed by atoms with van der Waals surface area (Å²) in [5, 5.41) is 30.9. The minimum absolute atomic E-state index is 0.0117. The lowest BCUT2D eigenvalue weighted by atomic mass is 10.1. The molecule has 0 atom stereocenters. The molecule has 38 heavy (non-hydrogen) atoms. The summed E-state index contributed by atoms with van der Waals surface area (Å²) in [6.07, 6.45) is 4.35. The largest absolute Gasteiger partial charge is 0.506 e. The molecule has 0 saturated heterocycles. The normalized spacial score (nSPS) is 11.7. The van der Waals surface area contributed by atoms with E-state index in [0.717, 1.165) is 0 Å². The lowest BCUT2D eigenvalue weighted by Crippen LogP contribution is -2.10. The Morgan fingerprint density at radius 3 is 1.13 bits per heavy atom. The van der Waals surface area contributed by atoms with Crippen molar-refractivity contribution >= 4 is 7.82 Å². The first-order valence-corrected chi connectivity index (χ1v) is 13.1. The summed E-state index contributed by atoms with van der Waals surface area (Å²) in [4.78, 5) is 12.3. The molecule has 0 aliphatic heterocycles. The zero-order valence-corrected chi connectivity index (χ0v) is 22.4. The van der Waals surface area contributed by atoms with E-state index >= 15 is 0 Å². The van der Waals surface area contributed by atoms with Crippen LogP contribution >= 0.6 is 7.82 Å². The molecule has 0 aliphatic carbocycles. The van der Waals surface area contributed by atoms with Crippen LogP contribution in [0.1, 0.15) is 50.5 Å². The van der Waals surface area contributed by atoms with E-state index in [2.05, 4.69) is 15.0 Å². The van der Waals surface area contributed by atoms with Crippen LogP contribution in [0.3, 0.4) is 0 Å². The van der Waals surface area contributed by atoms with Crippen LogP contribution in [0.2, 0.25) is 0 Å². The quantitative estimate of drug-likeness (QED) is 0.179. The Balaban J connectivity index is 1.90. The molecule has 0 amide bonds. The van der Waals surface area contributed by atoms with Crippen molar-refractivity contribution in [2.24, 2.45) is 17.2 Å². The van der Waals surface area contributed by atoms with Gasteiger partial charge in [-0.1, -0.05) is 0 Å². The second kappa shape index (κ2) is 12.6. The van der Waals surface area contributed by atoms with E-state index in [1.54, 1.807) is 20.8 Å². The van der Waals surface area contributed by atoms with Gasteiger partial charge in [-0.2, -0.15) is 0 Å². The molecule has 9 N–H and O–H groups in total. The summed E-state index contributed by atoms with van der Waals surface area (Å²) < 4.78 is 30.7. The zero-order valence-electron chi connectivity index (χ0n) is 21.5. The smallest absolute Gasteiger partial charge is 0.475 e. The monoisotopic (exact) mass is 548 g/mol. The van der Waals surface area contributed by atoms with Gasteiger partial charge in [0.25, 0.3) is 0 Å². The van der Waals surface area contributed by atoms with Crippen LogP contribution < -0.4 is 17.2 Å². The standard InChI is InChI=1S/C24H33N6O7P/c1-13-22(31)19(4-25)16(7-28-13)10-35-38(34,36-11-17-8-29-14(2)23(32)20(17)5-26)37-12-18-9-30-15(3)24(33)21(18)6-27/h7-9,31-33H,4-6,10-12,25-27H2,1-3H3. The molecule has 13 nitrogen and oxygen atoms in total. The minimum Gasteiger partial charge on any atom is -0.506 e. The second-order valence-corrected chi connectivity index (χ2v) is 10.1. The highest BCUT2D eigenvalue weighted by atomic mass is 31.2. The molecule has 14 heteroatoms. The number of nitrogens with two attached hydrogens (primary N) is 3. The van der Waals surface area contributed by atoms with Crippen molar-refractivity contribution in [3.05, 3.63) is 69.1 Å². The molecule has 3 rings (SSSR count). The Morgan fingerprint density at radius 1 is 0.632 bits per heavy atom. The van der Waals surface area contributed by atoms with Crippen molar-refractivity contribution in [3.8, 4) is 17.2 Å². The van der Waals surface area contributed by atoms with E-state index in [0.29, 0.717) is 50.5 Å². The number of phosphoric ester groups is 1. The van der Waals surface area contributed by atoms with Crippen LogP contribution in [0.25, 0.3) is 0 Å². The van der Waals surface area contributed by atoms with E-state index < -0.39 is 7.82 Å².